The van der Waals surface area contributed by atoms with E-state index in [4.69, 9.17) is 23.2 Å². The third kappa shape index (κ3) is 3.82. The number of rotatable bonds is 2. The maximum Gasteiger partial charge on any atom is 0.223 e. The number of nitrogens with zero attached hydrogens (tertiary/aromatic N) is 3. The highest BCUT2D eigenvalue weighted by atomic mass is 35.5. The van der Waals surface area contributed by atoms with E-state index >= 15 is 0 Å². The molecule has 1 aliphatic rings. The van der Waals surface area contributed by atoms with Crippen molar-refractivity contribution in [3.63, 3.8) is 0 Å². The smallest absolute Gasteiger partial charge is 0.223 e. The fourth-order valence-corrected chi connectivity index (χ4v) is 3.39. The van der Waals surface area contributed by atoms with E-state index in [-0.39, 0.29) is 17.7 Å². The highest BCUT2D eigenvalue weighted by molar-refractivity contribution is 6.31. The van der Waals surface area contributed by atoms with Crippen LogP contribution in [0.4, 0.5) is 5.69 Å². The molecule has 2 heterocycles. The third-order valence-corrected chi connectivity index (χ3v) is 4.66. The lowest BCUT2D eigenvalue weighted by molar-refractivity contribution is 0.589. The molecule has 0 saturated carbocycles. The Kier molecular flexibility index (Phi) is 5.64. The van der Waals surface area contributed by atoms with Crippen LogP contribution in [0.5, 0.6) is 0 Å². The van der Waals surface area contributed by atoms with Crippen LogP contribution in [0.2, 0.25) is 10.3 Å². The minimum absolute atomic E-state index is 0. The SMILES string of the molecule is Cl.Clc1ccc2nc(Cl)nc(-c3ccc(N4CCNCC4)cc3)c2c1. The van der Waals surface area contributed by atoms with Crippen molar-refractivity contribution in [2.75, 3.05) is 31.1 Å². The molecule has 130 valence electrons. The number of benzene rings is 2. The minimum atomic E-state index is 0. The Bertz CT molecular complexity index is 877. The second kappa shape index (κ2) is 7.75. The van der Waals surface area contributed by atoms with Gasteiger partial charge < -0.3 is 10.2 Å². The number of fused-ring (bicyclic) bond motifs is 1. The molecular formula is C18H17Cl3N4. The number of hydrogen-bond acceptors (Lipinski definition) is 4. The summed E-state index contributed by atoms with van der Waals surface area (Å²) >= 11 is 12.2. The first-order valence-electron chi connectivity index (χ1n) is 7.89. The van der Waals surface area contributed by atoms with E-state index in [0.29, 0.717) is 5.02 Å². The van der Waals surface area contributed by atoms with Crippen LogP contribution in [0, 0.1) is 0 Å². The predicted molar refractivity (Wildman–Crippen MR) is 107 cm³/mol. The zero-order chi connectivity index (χ0) is 16.5. The Morgan fingerprint density at radius 1 is 0.920 bits per heavy atom. The number of piperazine rings is 1. The van der Waals surface area contributed by atoms with Gasteiger partial charge in [0, 0.05) is 47.8 Å². The molecule has 1 aromatic heterocycles. The molecule has 0 unspecified atom stereocenters. The molecule has 0 radical (unpaired) electrons. The van der Waals surface area contributed by atoms with E-state index in [1.54, 1.807) is 0 Å². The summed E-state index contributed by atoms with van der Waals surface area (Å²) in [5, 5.41) is 5.17. The second-order valence-corrected chi connectivity index (χ2v) is 6.56. The molecule has 0 bridgehead atoms. The molecule has 0 aliphatic carbocycles. The summed E-state index contributed by atoms with van der Waals surface area (Å²) < 4.78 is 0. The van der Waals surface area contributed by atoms with Crippen LogP contribution < -0.4 is 10.2 Å². The molecule has 0 spiro atoms. The van der Waals surface area contributed by atoms with E-state index in [1.807, 2.05) is 18.2 Å². The van der Waals surface area contributed by atoms with Gasteiger partial charge in [0.2, 0.25) is 5.28 Å². The third-order valence-electron chi connectivity index (χ3n) is 4.25. The summed E-state index contributed by atoms with van der Waals surface area (Å²) in [6.45, 7) is 4.09. The standard InChI is InChI=1S/C18H16Cl2N4.ClH/c19-13-3-6-16-15(11-13)17(23-18(20)22-16)12-1-4-14(5-2-12)24-9-7-21-8-10-24;/h1-6,11,21H,7-10H2;1H. The molecule has 7 heteroatoms. The van der Waals surface area contributed by atoms with Crippen LogP contribution in [0.3, 0.4) is 0 Å². The quantitative estimate of drug-likeness (QED) is 0.652. The Labute approximate surface area is 162 Å². The van der Waals surface area contributed by atoms with E-state index < -0.39 is 0 Å². The second-order valence-electron chi connectivity index (χ2n) is 5.79. The van der Waals surface area contributed by atoms with Crippen molar-refractivity contribution in [2.24, 2.45) is 0 Å². The highest BCUT2D eigenvalue weighted by Gasteiger charge is 2.13. The first-order valence-corrected chi connectivity index (χ1v) is 8.65. The van der Waals surface area contributed by atoms with E-state index in [9.17, 15) is 0 Å². The zero-order valence-electron chi connectivity index (χ0n) is 13.4. The van der Waals surface area contributed by atoms with Crippen molar-refractivity contribution in [1.29, 1.82) is 0 Å². The van der Waals surface area contributed by atoms with Gasteiger partial charge in [-0.25, -0.2) is 9.97 Å². The topological polar surface area (TPSA) is 41.1 Å². The van der Waals surface area contributed by atoms with E-state index in [0.717, 1.165) is 48.3 Å². The fraction of sp³-hybridized carbons (Fsp3) is 0.222. The molecule has 2 aromatic carbocycles. The lowest BCUT2D eigenvalue weighted by atomic mass is 10.1. The highest BCUT2D eigenvalue weighted by Crippen LogP contribution is 2.30. The number of halogens is 3. The maximum absolute atomic E-state index is 6.14. The van der Waals surface area contributed by atoms with E-state index in [2.05, 4.69) is 44.5 Å². The molecule has 4 nitrogen and oxygen atoms in total. The summed E-state index contributed by atoms with van der Waals surface area (Å²) in [6, 6.07) is 14.0. The normalized spacial score (nSPS) is 14.4. The van der Waals surface area contributed by atoms with Gasteiger partial charge in [-0.3, -0.25) is 0 Å². The van der Waals surface area contributed by atoms with Crippen LogP contribution in [0.25, 0.3) is 22.2 Å². The number of anilines is 1. The molecule has 1 N–H and O–H groups in total. The van der Waals surface area contributed by atoms with Crippen molar-refractivity contribution < 1.29 is 0 Å². The Morgan fingerprint density at radius 3 is 2.36 bits per heavy atom. The number of aromatic nitrogens is 2. The molecule has 1 fully saturated rings. The minimum Gasteiger partial charge on any atom is -0.369 e. The van der Waals surface area contributed by atoms with Gasteiger partial charge in [-0.1, -0.05) is 23.7 Å². The molecule has 0 atom stereocenters. The predicted octanol–water partition coefficient (Wildman–Crippen LogP) is 4.44. The number of nitrogens with one attached hydrogen (secondary N) is 1. The van der Waals surface area contributed by atoms with Crippen LogP contribution in [0.15, 0.2) is 42.5 Å². The van der Waals surface area contributed by atoms with Crippen molar-refractivity contribution in [2.45, 2.75) is 0 Å². The Hall–Kier alpha value is -1.59. The van der Waals surface area contributed by atoms with Gasteiger partial charge in [0.15, 0.2) is 0 Å². The van der Waals surface area contributed by atoms with Crippen molar-refractivity contribution >= 4 is 52.2 Å². The van der Waals surface area contributed by atoms with Crippen LogP contribution in [-0.4, -0.2) is 36.1 Å². The first-order chi connectivity index (χ1) is 11.7. The van der Waals surface area contributed by atoms with Gasteiger partial charge in [-0.15, -0.1) is 12.4 Å². The van der Waals surface area contributed by atoms with Gasteiger partial charge in [-0.2, -0.15) is 0 Å². The van der Waals surface area contributed by atoms with Gasteiger partial charge in [0.25, 0.3) is 0 Å². The Morgan fingerprint density at radius 2 is 1.64 bits per heavy atom. The van der Waals surface area contributed by atoms with Crippen LogP contribution in [0.1, 0.15) is 0 Å². The Balaban J connectivity index is 0.00000182. The summed E-state index contributed by atoms with van der Waals surface area (Å²) in [6.07, 6.45) is 0. The fourth-order valence-electron chi connectivity index (χ4n) is 3.05. The molecule has 1 saturated heterocycles. The van der Waals surface area contributed by atoms with Crippen LogP contribution in [-0.2, 0) is 0 Å². The largest absolute Gasteiger partial charge is 0.369 e. The van der Waals surface area contributed by atoms with Gasteiger partial charge in [0.1, 0.15) is 0 Å². The lowest BCUT2D eigenvalue weighted by Gasteiger charge is -2.29. The van der Waals surface area contributed by atoms with Crippen molar-refractivity contribution in [3.8, 4) is 11.3 Å². The average Bonchev–Trinajstić information content (AvgIpc) is 2.62. The zero-order valence-corrected chi connectivity index (χ0v) is 15.7. The molecule has 1 aliphatic heterocycles. The molecular weight excluding hydrogens is 379 g/mol. The van der Waals surface area contributed by atoms with Gasteiger partial charge in [0.05, 0.1) is 11.2 Å². The summed E-state index contributed by atoms with van der Waals surface area (Å²) in [5.74, 6) is 0. The maximum atomic E-state index is 6.14. The van der Waals surface area contributed by atoms with Crippen molar-refractivity contribution in [3.05, 3.63) is 52.8 Å². The lowest BCUT2D eigenvalue weighted by Crippen LogP contribution is -2.43. The molecule has 25 heavy (non-hydrogen) atoms. The van der Waals surface area contributed by atoms with Crippen molar-refractivity contribution in [1.82, 2.24) is 15.3 Å². The monoisotopic (exact) mass is 394 g/mol. The summed E-state index contributed by atoms with van der Waals surface area (Å²) in [7, 11) is 0. The van der Waals surface area contributed by atoms with Crippen LogP contribution >= 0.6 is 35.6 Å². The molecule has 3 aromatic rings. The average molecular weight is 396 g/mol. The molecule has 0 amide bonds. The molecule has 4 rings (SSSR count). The van der Waals surface area contributed by atoms with Gasteiger partial charge >= 0.3 is 0 Å². The number of hydrogen-bond donors (Lipinski definition) is 1. The summed E-state index contributed by atoms with van der Waals surface area (Å²) in [4.78, 5) is 11.1. The van der Waals surface area contributed by atoms with Gasteiger partial charge in [-0.05, 0) is 41.9 Å². The van der Waals surface area contributed by atoms with E-state index in [1.165, 1.54) is 5.69 Å². The summed E-state index contributed by atoms with van der Waals surface area (Å²) in [5.41, 5.74) is 3.83. The first kappa shape index (κ1) is 18.2.